The Bertz CT molecular complexity index is 848. The van der Waals surface area contributed by atoms with Gasteiger partial charge in [-0.3, -0.25) is 14.3 Å². The Morgan fingerprint density at radius 1 is 1.25 bits per heavy atom. The summed E-state index contributed by atoms with van der Waals surface area (Å²) in [7, 11) is 0. The predicted octanol–water partition coefficient (Wildman–Crippen LogP) is 2.92. The second-order valence-electron chi connectivity index (χ2n) is 6.67. The van der Waals surface area contributed by atoms with Gasteiger partial charge in [0.15, 0.2) is 0 Å². The van der Waals surface area contributed by atoms with Crippen LogP contribution < -0.4 is 15.4 Å². The lowest BCUT2D eigenvalue weighted by molar-refractivity contribution is -0.150. The van der Waals surface area contributed by atoms with Crippen molar-refractivity contribution in [2.75, 3.05) is 29.5 Å². The molecule has 6 nitrogen and oxygen atoms in total. The molecular formula is C19H23F3N4O2. The van der Waals surface area contributed by atoms with E-state index in [1.54, 1.807) is 35.2 Å². The van der Waals surface area contributed by atoms with Crippen LogP contribution in [0.5, 0.6) is 0 Å². The highest BCUT2D eigenvalue weighted by Gasteiger charge is 2.47. The van der Waals surface area contributed by atoms with Crippen LogP contribution in [0.2, 0.25) is 0 Å². The van der Waals surface area contributed by atoms with Crippen LogP contribution in [0.1, 0.15) is 19.8 Å². The molecule has 1 atom stereocenters. The molecule has 1 N–H and O–H groups in total. The third kappa shape index (κ3) is 3.99. The van der Waals surface area contributed by atoms with Crippen LogP contribution in [0, 0.1) is 0 Å². The van der Waals surface area contributed by atoms with E-state index in [1.807, 2.05) is 6.92 Å². The monoisotopic (exact) mass is 396 g/mol. The fourth-order valence-corrected chi connectivity index (χ4v) is 3.48. The number of rotatable bonds is 6. The topological polar surface area (TPSA) is 61.6 Å². The molecule has 3 rings (SSSR count). The Kier molecular flexibility index (Phi) is 5.93. The summed E-state index contributed by atoms with van der Waals surface area (Å²) in [5.41, 5.74) is -0.0767. The minimum Gasteiger partial charge on any atom is -0.395 e. The Balaban J connectivity index is 2.16. The molecule has 0 saturated heterocycles. The zero-order valence-electron chi connectivity index (χ0n) is 15.6. The van der Waals surface area contributed by atoms with Crippen molar-refractivity contribution in [2.24, 2.45) is 0 Å². The summed E-state index contributed by atoms with van der Waals surface area (Å²) in [5, 5.41) is 9.30. The molecule has 28 heavy (non-hydrogen) atoms. The molecule has 1 aliphatic rings. The van der Waals surface area contributed by atoms with Crippen LogP contribution in [0.15, 0.2) is 41.2 Å². The first kappa shape index (κ1) is 20.2. The standard InChI is InChI=1S/C19H23F3N4O2/c1-2-9-24(11-12-27)16-13-17(28)25-10-8-15(19(20,21)22)26(18(25)23-16)14-6-4-3-5-7-14/h3-7,13,15,27H,2,8-12H2,1H3/t15-/m0/s1. The molecule has 1 aliphatic heterocycles. The van der Waals surface area contributed by atoms with E-state index in [9.17, 15) is 23.1 Å². The number of hydrogen-bond acceptors (Lipinski definition) is 5. The van der Waals surface area contributed by atoms with Crippen LogP contribution in [-0.4, -0.2) is 46.6 Å². The van der Waals surface area contributed by atoms with Crippen molar-refractivity contribution in [1.29, 1.82) is 0 Å². The van der Waals surface area contributed by atoms with Gasteiger partial charge < -0.3 is 10.0 Å². The van der Waals surface area contributed by atoms with Gasteiger partial charge >= 0.3 is 6.18 Å². The number of alkyl halides is 3. The Labute approximate surface area is 160 Å². The SMILES string of the molecule is CCCN(CCO)c1cc(=O)n2c(n1)N(c1ccccc1)[C@H](C(F)(F)F)CC2. The number of halogens is 3. The number of nitrogens with zero attached hydrogens (tertiary/aromatic N) is 4. The maximum Gasteiger partial charge on any atom is 0.409 e. The third-order valence-corrected chi connectivity index (χ3v) is 4.73. The molecule has 0 bridgehead atoms. The van der Waals surface area contributed by atoms with Crippen molar-refractivity contribution < 1.29 is 18.3 Å². The average Bonchev–Trinajstić information content (AvgIpc) is 2.67. The summed E-state index contributed by atoms with van der Waals surface area (Å²) < 4.78 is 42.6. The number of aliphatic hydroxyl groups is 1. The molecule has 1 aromatic heterocycles. The average molecular weight is 396 g/mol. The number of hydrogen-bond donors (Lipinski definition) is 1. The van der Waals surface area contributed by atoms with Gasteiger partial charge in [-0.2, -0.15) is 18.2 Å². The number of para-hydroxylation sites is 1. The first-order chi connectivity index (χ1) is 13.4. The second-order valence-corrected chi connectivity index (χ2v) is 6.67. The summed E-state index contributed by atoms with van der Waals surface area (Å²) in [4.78, 5) is 19.9. The van der Waals surface area contributed by atoms with Gasteiger partial charge in [0.1, 0.15) is 11.9 Å². The zero-order chi connectivity index (χ0) is 20.3. The highest BCUT2D eigenvalue weighted by Crippen LogP contribution is 2.39. The van der Waals surface area contributed by atoms with E-state index in [4.69, 9.17) is 0 Å². The largest absolute Gasteiger partial charge is 0.409 e. The van der Waals surface area contributed by atoms with Crippen LogP contribution in [0.25, 0.3) is 0 Å². The fraction of sp³-hybridized carbons (Fsp3) is 0.474. The maximum absolute atomic E-state index is 13.8. The van der Waals surface area contributed by atoms with Crippen molar-refractivity contribution >= 4 is 17.5 Å². The van der Waals surface area contributed by atoms with Crippen molar-refractivity contribution in [3.63, 3.8) is 0 Å². The smallest absolute Gasteiger partial charge is 0.395 e. The summed E-state index contributed by atoms with van der Waals surface area (Å²) in [5.74, 6) is 0.247. The molecule has 0 radical (unpaired) electrons. The van der Waals surface area contributed by atoms with E-state index < -0.39 is 17.8 Å². The van der Waals surface area contributed by atoms with Gasteiger partial charge in [-0.05, 0) is 25.0 Å². The van der Waals surface area contributed by atoms with Gasteiger partial charge in [0, 0.05) is 31.4 Å². The van der Waals surface area contributed by atoms with Gasteiger partial charge in [0.25, 0.3) is 5.56 Å². The highest BCUT2D eigenvalue weighted by molar-refractivity contribution is 5.61. The normalized spacial score (nSPS) is 16.8. The number of aromatic nitrogens is 2. The van der Waals surface area contributed by atoms with Crippen LogP contribution >= 0.6 is 0 Å². The zero-order valence-corrected chi connectivity index (χ0v) is 15.6. The Morgan fingerprint density at radius 2 is 1.96 bits per heavy atom. The van der Waals surface area contributed by atoms with E-state index in [0.717, 1.165) is 11.3 Å². The quantitative estimate of drug-likeness (QED) is 0.814. The third-order valence-electron chi connectivity index (χ3n) is 4.73. The van der Waals surface area contributed by atoms with Gasteiger partial charge in [0.05, 0.1) is 6.61 Å². The van der Waals surface area contributed by atoms with Crippen molar-refractivity contribution in [3.8, 4) is 0 Å². The van der Waals surface area contributed by atoms with Crippen LogP contribution in [0.4, 0.5) is 30.6 Å². The minimum absolute atomic E-state index is 0.0266. The van der Waals surface area contributed by atoms with Gasteiger partial charge in [-0.15, -0.1) is 0 Å². The van der Waals surface area contributed by atoms with Crippen molar-refractivity contribution in [1.82, 2.24) is 9.55 Å². The minimum atomic E-state index is -4.47. The number of fused-ring (bicyclic) bond motifs is 1. The summed E-state index contributed by atoms with van der Waals surface area (Å²) in [6.45, 7) is 2.52. The lowest BCUT2D eigenvalue weighted by Gasteiger charge is -2.39. The molecule has 0 aliphatic carbocycles. The lowest BCUT2D eigenvalue weighted by Crippen LogP contribution is -2.50. The van der Waals surface area contributed by atoms with Crippen molar-refractivity contribution in [3.05, 3.63) is 46.8 Å². The molecule has 9 heteroatoms. The van der Waals surface area contributed by atoms with E-state index in [2.05, 4.69) is 4.98 Å². The lowest BCUT2D eigenvalue weighted by atomic mass is 10.1. The maximum atomic E-state index is 13.8. The highest BCUT2D eigenvalue weighted by atomic mass is 19.4. The Morgan fingerprint density at radius 3 is 2.57 bits per heavy atom. The van der Waals surface area contributed by atoms with E-state index in [0.29, 0.717) is 12.2 Å². The molecule has 2 heterocycles. The molecule has 0 fully saturated rings. The molecule has 152 valence electrons. The van der Waals surface area contributed by atoms with E-state index in [1.165, 1.54) is 10.6 Å². The summed E-state index contributed by atoms with van der Waals surface area (Å²) in [6, 6.07) is 7.73. The number of benzene rings is 1. The molecule has 0 saturated carbocycles. The fourth-order valence-electron chi connectivity index (χ4n) is 3.48. The van der Waals surface area contributed by atoms with E-state index >= 15 is 0 Å². The summed E-state index contributed by atoms with van der Waals surface area (Å²) in [6.07, 6.45) is -3.96. The first-order valence-corrected chi connectivity index (χ1v) is 9.25. The van der Waals surface area contributed by atoms with Gasteiger partial charge in [-0.1, -0.05) is 25.1 Å². The molecular weight excluding hydrogens is 373 g/mol. The molecule has 0 amide bonds. The number of anilines is 3. The van der Waals surface area contributed by atoms with Gasteiger partial charge in [0.2, 0.25) is 5.95 Å². The van der Waals surface area contributed by atoms with Crippen molar-refractivity contribution in [2.45, 2.75) is 38.5 Å². The number of aliphatic hydroxyl groups excluding tert-OH is 1. The summed E-state index contributed by atoms with van der Waals surface area (Å²) >= 11 is 0. The molecule has 1 aromatic carbocycles. The predicted molar refractivity (Wildman–Crippen MR) is 101 cm³/mol. The molecule has 0 unspecified atom stereocenters. The van der Waals surface area contributed by atoms with Gasteiger partial charge in [-0.25, -0.2) is 0 Å². The molecule has 2 aromatic rings. The van der Waals surface area contributed by atoms with E-state index in [-0.39, 0.29) is 37.9 Å². The molecule has 0 spiro atoms. The Hall–Kier alpha value is -2.55. The first-order valence-electron chi connectivity index (χ1n) is 9.25. The van der Waals surface area contributed by atoms with Crippen LogP contribution in [0.3, 0.4) is 0 Å². The van der Waals surface area contributed by atoms with Crippen LogP contribution in [-0.2, 0) is 6.54 Å². The second kappa shape index (κ2) is 8.22.